The maximum atomic E-state index is 11.6. The number of nitrogens with one attached hydrogen (secondary N) is 2. The van der Waals surface area contributed by atoms with Crippen molar-refractivity contribution in [1.29, 1.82) is 0 Å². The van der Waals surface area contributed by atoms with Crippen molar-refractivity contribution in [3.05, 3.63) is 28.7 Å². The number of carbonyl (C=O) groups is 1. The largest absolute Gasteiger partial charge is 0.346 e. The smallest absolute Gasteiger partial charge is 0.273 e. The maximum absolute atomic E-state index is 11.6. The zero-order valence-corrected chi connectivity index (χ0v) is 11.8. The molecule has 2 heterocycles. The number of rotatable bonds is 2. The van der Waals surface area contributed by atoms with Gasteiger partial charge in [-0.3, -0.25) is 10.1 Å². The molecule has 0 spiro atoms. The van der Waals surface area contributed by atoms with Gasteiger partial charge in [-0.25, -0.2) is 0 Å². The molecular weight excluding hydrogens is 246 g/mol. The summed E-state index contributed by atoms with van der Waals surface area (Å²) in [5, 5.41) is 5.78. The number of nitrogens with zero attached hydrogens (tertiary/aromatic N) is 1. The first-order chi connectivity index (χ1) is 8.40. The molecule has 0 atom stereocenters. The lowest BCUT2D eigenvalue weighted by molar-refractivity contribution is -0.115. The molecule has 1 aromatic rings. The van der Waals surface area contributed by atoms with E-state index < -0.39 is 0 Å². The fourth-order valence-electron chi connectivity index (χ4n) is 2.38. The van der Waals surface area contributed by atoms with Gasteiger partial charge >= 0.3 is 0 Å². The molecule has 1 aliphatic heterocycles. The fourth-order valence-corrected chi connectivity index (χ4v) is 2.58. The predicted octanol–water partition coefficient (Wildman–Crippen LogP) is 2.03. The Bertz CT molecular complexity index is 555. The van der Waals surface area contributed by atoms with Crippen LogP contribution in [0.25, 0.3) is 6.08 Å². The van der Waals surface area contributed by atoms with Gasteiger partial charge in [0.1, 0.15) is 5.70 Å². The molecule has 0 saturated carbocycles. The molecule has 1 saturated heterocycles. The van der Waals surface area contributed by atoms with E-state index in [1.807, 2.05) is 6.08 Å². The first kappa shape index (κ1) is 12.8. The van der Waals surface area contributed by atoms with E-state index in [1.54, 1.807) is 0 Å². The molecule has 2 N–H and O–H groups in total. The van der Waals surface area contributed by atoms with Crippen molar-refractivity contribution in [2.75, 3.05) is 0 Å². The summed E-state index contributed by atoms with van der Waals surface area (Å²) in [7, 11) is 0. The highest BCUT2D eigenvalue weighted by Gasteiger charge is 2.21. The number of carbonyl (C=O) groups excluding carboxylic acids is 1. The lowest BCUT2D eigenvalue weighted by Gasteiger charge is -2.13. The molecule has 1 aliphatic rings. The second kappa shape index (κ2) is 4.57. The van der Waals surface area contributed by atoms with Crippen molar-refractivity contribution >= 4 is 29.3 Å². The Labute approximate surface area is 112 Å². The van der Waals surface area contributed by atoms with E-state index in [9.17, 15) is 4.79 Å². The summed E-state index contributed by atoms with van der Waals surface area (Å²) in [6.45, 7) is 8.42. The molecule has 0 unspecified atom stereocenters. The molecule has 96 valence electrons. The van der Waals surface area contributed by atoms with E-state index in [2.05, 4.69) is 49.0 Å². The molecule has 1 aromatic heterocycles. The van der Waals surface area contributed by atoms with E-state index in [0.29, 0.717) is 16.9 Å². The van der Waals surface area contributed by atoms with Gasteiger partial charge in [0.15, 0.2) is 5.11 Å². The standard InChI is InChI=1S/C13H17N3OS/c1-7(2)16-8(3)5-10(9(16)4)6-11-12(17)15-13(18)14-11/h5-7H,1-4H3,(H2,14,15,17,18)/b11-6-. The van der Waals surface area contributed by atoms with Gasteiger partial charge in [-0.15, -0.1) is 0 Å². The molecule has 0 aliphatic carbocycles. The highest BCUT2D eigenvalue weighted by molar-refractivity contribution is 7.80. The van der Waals surface area contributed by atoms with Crippen molar-refractivity contribution in [3.8, 4) is 0 Å². The van der Waals surface area contributed by atoms with Crippen LogP contribution in [0, 0.1) is 13.8 Å². The van der Waals surface area contributed by atoms with Crippen molar-refractivity contribution in [2.24, 2.45) is 0 Å². The Kier molecular flexibility index (Phi) is 3.26. The molecule has 18 heavy (non-hydrogen) atoms. The second-order valence-corrected chi connectivity index (χ2v) is 5.16. The quantitative estimate of drug-likeness (QED) is 0.634. The third kappa shape index (κ3) is 2.18. The van der Waals surface area contributed by atoms with Crippen LogP contribution in [0.15, 0.2) is 11.8 Å². The Morgan fingerprint density at radius 1 is 1.33 bits per heavy atom. The van der Waals surface area contributed by atoms with Crippen molar-refractivity contribution < 1.29 is 4.79 Å². The summed E-state index contributed by atoms with van der Waals surface area (Å²) in [4.78, 5) is 11.6. The van der Waals surface area contributed by atoms with E-state index in [0.717, 1.165) is 11.3 Å². The van der Waals surface area contributed by atoms with Crippen molar-refractivity contribution in [1.82, 2.24) is 15.2 Å². The zero-order valence-electron chi connectivity index (χ0n) is 11.0. The molecule has 1 amide bonds. The van der Waals surface area contributed by atoms with Gasteiger partial charge in [0, 0.05) is 17.4 Å². The van der Waals surface area contributed by atoms with Crippen molar-refractivity contribution in [3.63, 3.8) is 0 Å². The molecule has 4 nitrogen and oxygen atoms in total. The number of aryl methyl sites for hydroxylation is 1. The van der Waals surface area contributed by atoms with Crippen LogP contribution in [0.4, 0.5) is 0 Å². The number of hydrogen-bond acceptors (Lipinski definition) is 2. The number of hydrogen-bond donors (Lipinski definition) is 2. The van der Waals surface area contributed by atoms with Crippen LogP contribution in [0.3, 0.4) is 0 Å². The van der Waals surface area contributed by atoms with Gasteiger partial charge in [-0.05, 0) is 57.6 Å². The number of amides is 1. The Balaban J connectivity index is 2.42. The topological polar surface area (TPSA) is 46.1 Å². The van der Waals surface area contributed by atoms with Gasteiger partial charge in [0.2, 0.25) is 0 Å². The minimum atomic E-state index is -0.172. The molecule has 2 rings (SSSR count). The van der Waals surface area contributed by atoms with Gasteiger partial charge in [0.25, 0.3) is 5.91 Å². The summed E-state index contributed by atoms with van der Waals surface area (Å²) >= 11 is 4.91. The summed E-state index contributed by atoms with van der Waals surface area (Å²) < 4.78 is 2.25. The third-order valence-corrected chi connectivity index (χ3v) is 3.26. The Morgan fingerprint density at radius 2 is 2.00 bits per heavy atom. The van der Waals surface area contributed by atoms with E-state index >= 15 is 0 Å². The molecular formula is C13H17N3OS. The van der Waals surface area contributed by atoms with Gasteiger partial charge in [-0.1, -0.05) is 0 Å². The van der Waals surface area contributed by atoms with Gasteiger partial charge in [0.05, 0.1) is 0 Å². The SMILES string of the molecule is Cc1cc(/C=C2\NC(=S)NC2=O)c(C)n1C(C)C. The molecule has 0 radical (unpaired) electrons. The highest BCUT2D eigenvalue weighted by atomic mass is 32.1. The molecule has 0 bridgehead atoms. The highest BCUT2D eigenvalue weighted by Crippen LogP contribution is 2.22. The minimum Gasteiger partial charge on any atom is -0.346 e. The van der Waals surface area contributed by atoms with Crippen LogP contribution >= 0.6 is 12.2 Å². The summed E-state index contributed by atoms with van der Waals surface area (Å²) in [5.74, 6) is -0.172. The van der Waals surface area contributed by atoms with Gasteiger partial charge < -0.3 is 9.88 Å². The summed E-state index contributed by atoms with van der Waals surface area (Å²) in [5.41, 5.74) is 3.89. The predicted molar refractivity (Wildman–Crippen MR) is 76.1 cm³/mol. The third-order valence-electron chi connectivity index (χ3n) is 3.06. The Hall–Kier alpha value is -1.62. The van der Waals surface area contributed by atoms with Gasteiger partial charge in [-0.2, -0.15) is 0 Å². The maximum Gasteiger partial charge on any atom is 0.273 e. The molecule has 5 heteroatoms. The summed E-state index contributed by atoms with van der Waals surface area (Å²) in [6.07, 6.45) is 1.84. The lowest BCUT2D eigenvalue weighted by atomic mass is 10.2. The van der Waals surface area contributed by atoms with Crippen LogP contribution in [0.1, 0.15) is 36.8 Å². The van der Waals surface area contributed by atoms with Crippen LogP contribution in [-0.2, 0) is 4.79 Å². The van der Waals surface area contributed by atoms with E-state index in [-0.39, 0.29) is 5.91 Å². The van der Waals surface area contributed by atoms with Crippen LogP contribution < -0.4 is 10.6 Å². The second-order valence-electron chi connectivity index (χ2n) is 4.76. The zero-order chi connectivity index (χ0) is 13.4. The fraction of sp³-hybridized carbons (Fsp3) is 0.385. The average molecular weight is 263 g/mol. The van der Waals surface area contributed by atoms with E-state index in [1.165, 1.54) is 5.69 Å². The lowest BCUT2D eigenvalue weighted by Crippen LogP contribution is -2.21. The van der Waals surface area contributed by atoms with Crippen molar-refractivity contribution in [2.45, 2.75) is 33.7 Å². The monoisotopic (exact) mass is 263 g/mol. The molecule has 0 aromatic carbocycles. The van der Waals surface area contributed by atoms with Crippen LogP contribution in [0.5, 0.6) is 0 Å². The van der Waals surface area contributed by atoms with Crippen LogP contribution in [0.2, 0.25) is 0 Å². The first-order valence-electron chi connectivity index (χ1n) is 5.92. The average Bonchev–Trinajstić information content (AvgIpc) is 2.69. The summed E-state index contributed by atoms with van der Waals surface area (Å²) in [6, 6.07) is 2.49. The van der Waals surface area contributed by atoms with Crippen LogP contribution in [-0.4, -0.2) is 15.6 Å². The Morgan fingerprint density at radius 3 is 2.44 bits per heavy atom. The number of thiocarbonyl (C=S) groups is 1. The minimum absolute atomic E-state index is 0.172. The van der Waals surface area contributed by atoms with E-state index in [4.69, 9.17) is 12.2 Å². The molecule has 1 fully saturated rings. The first-order valence-corrected chi connectivity index (χ1v) is 6.33. The normalized spacial score (nSPS) is 17.5. The number of aromatic nitrogens is 1.